The lowest BCUT2D eigenvalue weighted by Crippen LogP contribution is -2.52. The van der Waals surface area contributed by atoms with E-state index in [2.05, 4.69) is 0 Å². The van der Waals surface area contributed by atoms with Gasteiger partial charge in [0.25, 0.3) is 53.2 Å². The summed E-state index contributed by atoms with van der Waals surface area (Å²) in [5.41, 5.74) is 2.13. The molecule has 4 unspecified atom stereocenters. The number of carbonyl (C=O) groups is 7. The molecule has 4 saturated carbocycles. The van der Waals surface area contributed by atoms with Crippen LogP contribution in [0.5, 0.6) is 0 Å². The molecule has 10 rings (SSSR count). The van der Waals surface area contributed by atoms with Crippen LogP contribution in [0.2, 0.25) is 0 Å². The minimum absolute atomic E-state index is 0.0909. The fourth-order valence-electron chi connectivity index (χ4n) is 10.8. The van der Waals surface area contributed by atoms with E-state index in [1.165, 1.54) is 33.4 Å². The fraction of sp³-hybridized carbons (Fsp3) is 0.561. The SMILES string of the molecule is CC1CCCC(CN2C(=O)c3ccccc3C2=O)C1(F)F.CC1CCCCC1=O.CSF.C[C@H]1CCCC(NS(C)(=O)=O)C1(F)F.C[C@H]1CCC[C@@H](CN2C(=O)c3ccccc3C2=O)C1(F)F.O=C1c2ccccc2C(=O)N1CCl. The van der Waals surface area contributed by atoms with E-state index >= 15 is 0 Å². The largest absolute Gasteiger partial charge is 0.299 e. The number of benzene rings is 3. The Balaban J connectivity index is 0.000000187. The van der Waals surface area contributed by atoms with Crippen molar-refractivity contribution >= 4 is 75.0 Å². The van der Waals surface area contributed by atoms with E-state index in [0.29, 0.717) is 96.4 Å². The number of nitrogens with one attached hydrogen (secondary N) is 1. The monoisotopic (exact) mass is 1190 g/mol. The summed E-state index contributed by atoms with van der Waals surface area (Å²) < 4.78 is 118. The fourth-order valence-corrected chi connectivity index (χ4v) is 11.9. The summed E-state index contributed by atoms with van der Waals surface area (Å²) in [7, 11) is -3.55. The molecule has 1 N–H and O–H groups in total. The number of hydrogen-bond donors (Lipinski definition) is 1. The second kappa shape index (κ2) is 28.2. The van der Waals surface area contributed by atoms with Gasteiger partial charge in [0.1, 0.15) is 11.8 Å². The Kier molecular flexibility index (Phi) is 23.1. The first-order valence-electron chi connectivity index (χ1n) is 26.8. The molecule has 7 atom stereocenters. The summed E-state index contributed by atoms with van der Waals surface area (Å²) in [6, 6.07) is 18.3. The summed E-state index contributed by atoms with van der Waals surface area (Å²) in [4.78, 5) is 85.6. The van der Waals surface area contributed by atoms with Crippen LogP contribution in [0.15, 0.2) is 72.8 Å². The van der Waals surface area contributed by atoms with Gasteiger partial charge in [0, 0.05) is 73.4 Å². The predicted octanol–water partition coefficient (Wildman–Crippen LogP) is 12.5. The van der Waals surface area contributed by atoms with Crippen molar-refractivity contribution in [2.75, 3.05) is 31.6 Å². The molecule has 23 heteroatoms. The van der Waals surface area contributed by atoms with Gasteiger partial charge in [-0.25, -0.2) is 39.5 Å². The molecule has 0 radical (unpaired) electrons. The van der Waals surface area contributed by atoms with E-state index in [9.17, 15) is 72.2 Å². The van der Waals surface area contributed by atoms with Crippen molar-refractivity contribution in [2.24, 2.45) is 35.5 Å². The van der Waals surface area contributed by atoms with Gasteiger partial charge in [-0.3, -0.25) is 48.3 Å². The molecule has 0 aromatic heterocycles. The Morgan fingerprint density at radius 2 is 0.825 bits per heavy atom. The van der Waals surface area contributed by atoms with E-state index in [1.54, 1.807) is 72.8 Å². The maximum atomic E-state index is 14.2. The van der Waals surface area contributed by atoms with Crippen LogP contribution in [0.3, 0.4) is 0 Å². The number of fused-ring (bicyclic) bond motifs is 3. The number of sulfonamides is 1. The zero-order valence-corrected chi connectivity index (χ0v) is 48.0. The number of rotatable bonds is 7. The van der Waals surface area contributed by atoms with E-state index < -0.39 is 87.1 Å². The van der Waals surface area contributed by atoms with Gasteiger partial charge in [-0.2, -0.15) is 3.89 Å². The molecule has 4 fully saturated rings. The van der Waals surface area contributed by atoms with Gasteiger partial charge < -0.3 is 0 Å². The van der Waals surface area contributed by atoms with Crippen molar-refractivity contribution in [2.45, 2.75) is 135 Å². The zero-order valence-electron chi connectivity index (χ0n) is 45.6. The van der Waals surface area contributed by atoms with Crippen LogP contribution >= 0.6 is 23.7 Å². The highest BCUT2D eigenvalue weighted by molar-refractivity contribution is 7.93. The Morgan fingerprint density at radius 3 is 1.11 bits per heavy atom. The molecule has 7 aliphatic rings. The third-order valence-corrected chi connectivity index (χ3v) is 16.8. The Bertz CT molecular complexity index is 2640. The maximum absolute atomic E-state index is 14.2. The highest BCUT2D eigenvalue weighted by Gasteiger charge is 2.52. The maximum Gasteiger partial charge on any atom is 0.266 e. The molecule has 0 saturated heterocycles. The minimum atomic E-state index is -3.55. The molecule has 3 aromatic rings. The van der Waals surface area contributed by atoms with Crippen LogP contribution in [0, 0.1) is 35.5 Å². The van der Waals surface area contributed by atoms with Gasteiger partial charge in [0.15, 0.2) is 0 Å². The molecule has 13 nitrogen and oxygen atoms in total. The Labute approximate surface area is 472 Å². The molecular formula is C57H70ClF7N4O9S2. The normalized spacial score (nSPS) is 26.1. The lowest BCUT2D eigenvalue weighted by atomic mass is 9.78. The molecule has 3 heterocycles. The van der Waals surface area contributed by atoms with Crippen LogP contribution in [-0.4, -0.2) is 120 Å². The van der Waals surface area contributed by atoms with Crippen molar-refractivity contribution in [3.63, 3.8) is 0 Å². The van der Waals surface area contributed by atoms with Crippen LogP contribution < -0.4 is 4.72 Å². The summed E-state index contributed by atoms with van der Waals surface area (Å²) in [6.07, 6.45) is 11.0. The van der Waals surface area contributed by atoms with Crippen LogP contribution in [0.1, 0.15) is 173 Å². The number of amides is 6. The first-order valence-corrected chi connectivity index (χ1v) is 30.3. The lowest BCUT2D eigenvalue weighted by molar-refractivity contribution is -0.128. The first-order chi connectivity index (χ1) is 37.6. The first kappa shape index (κ1) is 65.6. The van der Waals surface area contributed by atoms with Crippen molar-refractivity contribution in [3.8, 4) is 0 Å². The third kappa shape index (κ3) is 15.5. The molecule has 0 bridgehead atoms. The van der Waals surface area contributed by atoms with Gasteiger partial charge in [-0.15, -0.1) is 11.6 Å². The molecular weight excluding hydrogens is 1120 g/mol. The van der Waals surface area contributed by atoms with E-state index in [0.717, 1.165) is 40.2 Å². The average molecular weight is 1190 g/mol. The number of nitrogens with zero attached hydrogens (tertiary/aromatic N) is 3. The van der Waals surface area contributed by atoms with Crippen LogP contribution in [0.4, 0.5) is 30.2 Å². The summed E-state index contributed by atoms with van der Waals surface area (Å²) >= 11 is 5.72. The van der Waals surface area contributed by atoms with Gasteiger partial charge in [0.2, 0.25) is 10.0 Å². The van der Waals surface area contributed by atoms with Gasteiger partial charge in [-0.05, 0) is 87.8 Å². The molecule has 80 heavy (non-hydrogen) atoms. The van der Waals surface area contributed by atoms with E-state index in [1.807, 2.05) is 11.6 Å². The molecule has 3 aliphatic heterocycles. The van der Waals surface area contributed by atoms with Gasteiger partial charge in [0.05, 0.1) is 45.7 Å². The van der Waals surface area contributed by atoms with Crippen molar-refractivity contribution in [3.05, 3.63) is 106 Å². The lowest BCUT2D eigenvalue weighted by Gasteiger charge is -2.37. The van der Waals surface area contributed by atoms with Gasteiger partial charge in [-0.1, -0.05) is 89.8 Å². The van der Waals surface area contributed by atoms with Gasteiger partial charge >= 0.3 is 0 Å². The Hall–Kier alpha value is -5.19. The smallest absolute Gasteiger partial charge is 0.266 e. The van der Waals surface area contributed by atoms with Crippen LogP contribution in [-0.2, 0) is 14.8 Å². The van der Waals surface area contributed by atoms with Crippen molar-refractivity contribution in [1.29, 1.82) is 0 Å². The zero-order chi connectivity index (χ0) is 59.5. The number of alkyl halides is 7. The molecule has 4 aliphatic carbocycles. The number of Topliss-reactive ketones (excluding diaryl/α,β-unsaturated/α-hetero) is 1. The standard InChI is InChI=1S/2C16H17F2NO2.C9H6ClNO2.C8H15F2NO2S.C7H12O.CH3FS/c2*1-10-5-4-6-11(16(10,17)18)9-19-14(20)12-7-2-3-8-13(12)15(19)21;10-5-11-8(12)6-3-1-2-4-7(6)9(11)13;1-6-4-3-5-7(8(6,9)10)11-14(2,12)13;1-6-4-2-3-5-7(6)8;1-3-2/h2*2-3,7-8,10-11H,4-6,9H2,1H3;1-4H,5H2;6-7,11H,3-5H2,1-2H3;6H,2-5H2,1H3;1H3/t10-,11-;;;6-,7?;;/m0..0../s1. The second-order valence-corrected chi connectivity index (χ2v) is 23.7. The second-order valence-electron chi connectivity index (χ2n) is 21.4. The highest BCUT2D eigenvalue weighted by Crippen LogP contribution is 2.45. The topological polar surface area (TPSA) is 175 Å². The number of halogens is 8. The van der Waals surface area contributed by atoms with Crippen molar-refractivity contribution in [1.82, 2.24) is 19.4 Å². The number of carbonyl (C=O) groups excluding carboxylic acids is 7. The summed E-state index contributed by atoms with van der Waals surface area (Å²) in [6.45, 7) is 6.17. The molecule has 440 valence electrons. The summed E-state index contributed by atoms with van der Waals surface area (Å²) in [5.74, 6) is -14.2. The molecule has 6 amide bonds. The van der Waals surface area contributed by atoms with E-state index in [4.69, 9.17) is 11.6 Å². The summed E-state index contributed by atoms with van der Waals surface area (Å²) in [5, 5.41) is 0. The molecule has 3 aromatic carbocycles. The third-order valence-electron chi connectivity index (χ3n) is 15.8. The quantitative estimate of drug-likeness (QED) is 0.104. The van der Waals surface area contributed by atoms with Crippen molar-refractivity contribution < 1.29 is 72.2 Å². The highest BCUT2D eigenvalue weighted by atomic mass is 35.5. The minimum Gasteiger partial charge on any atom is -0.299 e. The molecule has 0 spiro atoms. The predicted molar refractivity (Wildman–Crippen MR) is 291 cm³/mol. The number of imide groups is 3. The Morgan fingerprint density at radius 1 is 0.512 bits per heavy atom. The van der Waals surface area contributed by atoms with E-state index in [-0.39, 0.29) is 49.5 Å². The number of ketones is 1. The average Bonchev–Trinajstić information content (AvgIpc) is 3.93. The van der Waals surface area contributed by atoms with Crippen LogP contribution in [0.25, 0.3) is 0 Å². The number of hydrogen-bond acceptors (Lipinski definition) is 10.